The minimum absolute atomic E-state index is 0.0507. The van der Waals surface area contributed by atoms with E-state index in [-0.39, 0.29) is 36.3 Å². The van der Waals surface area contributed by atoms with Crippen molar-refractivity contribution in [2.24, 2.45) is 0 Å². The van der Waals surface area contributed by atoms with Crippen LogP contribution in [0.4, 0.5) is 5.69 Å². The van der Waals surface area contributed by atoms with E-state index in [1.54, 1.807) is 0 Å². The monoisotopic (exact) mass is 444 g/mol. The lowest BCUT2D eigenvalue weighted by Gasteiger charge is -2.35. The lowest BCUT2D eigenvalue weighted by Crippen LogP contribution is -2.54. The second kappa shape index (κ2) is 10.0. The van der Waals surface area contributed by atoms with Crippen molar-refractivity contribution >= 4 is 35.2 Å². The molecule has 2 fully saturated rings. The largest absolute Gasteiger partial charge is 0.352 e. The van der Waals surface area contributed by atoms with Crippen molar-refractivity contribution < 1.29 is 14.4 Å². The number of carbonyl (C=O) groups excluding carboxylic acids is 3. The minimum atomic E-state index is -0.864. The number of piperidine rings is 1. The number of likely N-dealkylation sites (tertiary alicyclic amines) is 1. The van der Waals surface area contributed by atoms with E-state index in [1.807, 2.05) is 24.3 Å². The van der Waals surface area contributed by atoms with E-state index in [0.717, 1.165) is 56.5 Å². The molecule has 4 rings (SSSR count). The molecule has 168 valence electrons. The summed E-state index contributed by atoms with van der Waals surface area (Å²) >= 11 is 1.28. The van der Waals surface area contributed by atoms with Crippen LogP contribution in [0.5, 0.6) is 0 Å². The Labute approximate surface area is 188 Å². The van der Waals surface area contributed by atoms with Crippen molar-refractivity contribution in [1.29, 1.82) is 0 Å². The van der Waals surface area contributed by atoms with Gasteiger partial charge in [-0.15, -0.1) is 11.8 Å². The van der Waals surface area contributed by atoms with Crippen LogP contribution < -0.4 is 15.5 Å². The molecule has 0 bridgehead atoms. The van der Waals surface area contributed by atoms with E-state index in [4.69, 9.17) is 0 Å². The molecule has 1 atom stereocenters. The van der Waals surface area contributed by atoms with Gasteiger partial charge in [0.05, 0.1) is 5.69 Å². The first-order valence-electron chi connectivity index (χ1n) is 11.4. The van der Waals surface area contributed by atoms with Gasteiger partial charge in [-0.2, -0.15) is 0 Å². The van der Waals surface area contributed by atoms with Crippen molar-refractivity contribution in [3.8, 4) is 0 Å². The van der Waals surface area contributed by atoms with E-state index in [1.165, 1.54) is 23.1 Å². The van der Waals surface area contributed by atoms with E-state index < -0.39 is 5.25 Å². The Morgan fingerprint density at radius 2 is 1.68 bits per heavy atom. The van der Waals surface area contributed by atoms with E-state index >= 15 is 0 Å². The maximum Gasteiger partial charge on any atom is 0.250 e. The zero-order chi connectivity index (χ0) is 21.8. The topological polar surface area (TPSA) is 81.8 Å². The molecule has 1 aromatic carbocycles. The van der Waals surface area contributed by atoms with Crippen LogP contribution in [0.2, 0.25) is 0 Å². The van der Waals surface area contributed by atoms with Crippen molar-refractivity contribution in [2.45, 2.75) is 67.2 Å². The first kappa shape index (κ1) is 22.1. The van der Waals surface area contributed by atoms with Crippen LogP contribution in [0.1, 0.15) is 44.9 Å². The molecule has 0 aromatic heterocycles. The molecule has 1 saturated heterocycles. The number of fused-ring (bicyclic) bond motifs is 1. The zero-order valence-corrected chi connectivity index (χ0v) is 19.0. The van der Waals surface area contributed by atoms with Crippen LogP contribution in [-0.2, 0) is 14.4 Å². The highest BCUT2D eigenvalue weighted by atomic mass is 32.2. The zero-order valence-electron chi connectivity index (χ0n) is 18.1. The van der Waals surface area contributed by atoms with Gasteiger partial charge in [0.15, 0.2) is 5.25 Å². The van der Waals surface area contributed by atoms with E-state index in [9.17, 15) is 14.4 Å². The minimum Gasteiger partial charge on any atom is -0.352 e. The first-order valence-corrected chi connectivity index (χ1v) is 12.2. The molecular formula is C23H32N4O3S. The number of benzene rings is 1. The van der Waals surface area contributed by atoms with Crippen LogP contribution in [0, 0.1) is 0 Å². The highest BCUT2D eigenvalue weighted by molar-refractivity contribution is 8.01. The van der Waals surface area contributed by atoms with Crippen molar-refractivity contribution in [2.75, 3.05) is 31.6 Å². The van der Waals surface area contributed by atoms with Crippen LogP contribution in [0.15, 0.2) is 29.2 Å². The molecule has 0 radical (unpaired) electrons. The Hall–Kier alpha value is -2.06. The molecular weight excluding hydrogens is 412 g/mol. The number of amides is 3. The quantitative estimate of drug-likeness (QED) is 0.680. The maximum absolute atomic E-state index is 13.3. The predicted octanol–water partition coefficient (Wildman–Crippen LogP) is 2.15. The molecule has 7 nitrogen and oxygen atoms in total. The molecule has 1 aliphatic carbocycles. The lowest BCUT2D eigenvalue weighted by atomic mass is 9.95. The molecule has 0 spiro atoms. The lowest BCUT2D eigenvalue weighted by molar-refractivity contribution is -0.129. The molecule has 3 amide bonds. The molecule has 8 heteroatoms. The van der Waals surface area contributed by atoms with Gasteiger partial charge in [0.2, 0.25) is 11.8 Å². The van der Waals surface area contributed by atoms with Crippen molar-refractivity contribution in [3.63, 3.8) is 0 Å². The summed E-state index contributed by atoms with van der Waals surface area (Å²) in [5.41, 5.74) is 0.708. The van der Waals surface area contributed by atoms with Gasteiger partial charge in [0.1, 0.15) is 6.54 Å². The number of rotatable bonds is 5. The fraction of sp³-hybridized carbons (Fsp3) is 0.609. The summed E-state index contributed by atoms with van der Waals surface area (Å²) in [4.78, 5) is 43.7. The van der Waals surface area contributed by atoms with E-state index in [0.29, 0.717) is 5.69 Å². The number of nitrogens with zero attached hydrogens (tertiary/aromatic N) is 2. The second-order valence-corrected chi connectivity index (χ2v) is 10.0. The second-order valence-electron chi connectivity index (χ2n) is 8.88. The number of hydrogen-bond acceptors (Lipinski definition) is 5. The summed E-state index contributed by atoms with van der Waals surface area (Å²) in [5.74, 6) is -0.721. The molecule has 3 aliphatic rings. The SMILES string of the molecule is CN1CCC(NC(=O)C2Sc3ccccc3N(CC(=O)NC3CCCCC3)C2=O)CC1. The standard InChI is InChI=1S/C23H32N4O3S/c1-26-13-11-17(12-14-26)25-22(29)21-23(30)27(18-9-5-6-10-19(18)31-21)15-20(28)24-16-7-3-2-4-8-16/h5-6,9-10,16-17,21H,2-4,7-8,11-15H2,1H3,(H,24,28)(H,25,29). The Morgan fingerprint density at radius 1 is 1.00 bits per heavy atom. The molecule has 1 saturated carbocycles. The third-order valence-electron chi connectivity index (χ3n) is 6.47. The average Bonchev–Trinajstić information content (AvgIpc) is 2.77. The summed E-state index contributed by atoms with van der Waals surface area (Å²) in [6.45, 7) is 1.82. The van der Waals surface area contributed by atoms with Gasteiger partial charge >= 0.3 is 0 Å². The van der Waals surface area contributed by atoms with Crippen LogP contribution in [0.25, 0.3) is 0 Å². The van der Waals surface area contributed by atoms with Gasteiger partial charge in [0, 0.05) is 17.0 Å². The highest BCUT2D eigenvalue weighted by Crippen LogP contribution is 2.39. The molecule has 1 aromatic rings. The number of thioether (sulfide) groups is 1. The molecule has 31 heavy (non-hydrogen) atoms. The Morgan fingerprint density at radius 3 is 2.42 bits per heavy atom. The summed E-state index contributed by atoms with van der Waals surface area (Å²) in [6.07, 6.45) is 7.24. The summed E-state index contributed by atoms with van der Waals surface area (Å²) in [6, 6.07) is 7.80. The normalized spacial score (nSPS) is 23.3. The Kier molecular flexibility index (Phi) is 7.17. The van der Waals surface area contributed by atoms with Crippen LogP contribution in [-0.4, -0.2) is 66.6 Å². The number of nitrogens with one attached hydrogen (secondary N) is 2. The number of carbonyl (C=O) groups is 3. The van der Waals surface area contributed by atoms with Gasteiger partial charge in [-0.25, -0.2) is 0 Å². The number of hydrogen-bond donors (Lipinski definition) is 2. The first-order chi connectivity index (χ1) is 15.0. The predicted molar refractivity (Wildman–Crippen MR) is 122 cm³/mol. The fourth-order valence-electron chi connectivity index (χ4n) is 4.64. The third-order valence-corrected chi connectivity index (χ3v) is 7.72. The summed E-state index contributed by atoms with van der Waals surface area (Å²) in [7, 11) is 2.08. The van der Waals surface area contributed by atoms with Gasteiger partial charge in [-0.1, -0.05) is 31.4 Å². The molecule has 1 unspecified atom stereocenters. The molecule has 2 heterocycles. The average molecular weight is 445 g/mol. The van der Waals surface area contributed by atoms with Crippen LogP contribution in [0.3, 0.4) is 0 Å². The summed E-state index contributed by atoms with van der Waals surface area (Å²) in [5, 5.41) is 5.30. The van der Waals surface area contributed by atoms with Gasteiger partial charge < -0.3 is 20.4 Å². The summed E-state index contributed by atoms with van der Waals surface area (Å²) < 4.78 is 0. The number of anilines is 1. The molecule has 2 aliphatic heterocycles. The smallest absolute Gasteiger partial charge is 0.250 e. The molecule has 2 N–H and O–H groups in total. The van der Waals surface area contributed by atoms with Gasteiger partial charge in [0.25, 0.3) is 5.91 Å². The maximum atomic E-state index is 13.3. The van der Waals surface area contributed by atoms with Gasteiger partial charge in [-0.3, -0.25) is 14.4 Å². The Balaban J connectivity index is 1.45. The van der Waals surface area contributed by atoms with Gasteiger partial charge in [-0.05, 0) is 58.0 Å². The third kappa shape index (κ3) is 5.41. The fourth-order valence-corrected chi connectivity index (χ4v) is 5.75. The Bertz CT molecular complexity index is 819. The highest BCUT2D eigenvalue weighted by Gasteiger charge is 2.39. The van der Waals surface area contributed by atoms with Crippen molar-refractivity contribution in [1.82, 2.24) is 15.5 Å². The van der Waals surface area contributed by atoms with Crippen molar-refractivity contribution in [3.05, 3.63) is 24.3 Å². The van der Waals surface area contributed by atoms with E-state index in [2.05, 4.69) is 22.6 Å². The number of para-hydroxylation sites is 1. The van der Waals surface area contributed by atoms with Crippen LogP contribution >= 0.6 is 11.8 Å².